The van der Waals surface area contributed by atoms with Crippen LogP contribution in [0.15, 0.2) is 11.4 Å². The van der Waals surface area contributed by atoms with Gasteiger partial charge in [0.15, 0.2) is 0 Å². The second-order valence-electron chi connectivity index (χ2n) is 3.25. The summed E-state index contributed by atoms with van der Waals surface area (Å²) in [5, 5.41) is 5.34. The van der Waals surface area contributed by atoms with E-state index in [0.717, 1.165) is 10.2 Å². The maximum absolute atomic E-state index is 12.1. The van der Waals surface area contributed by atoms with Gasteiger partial charge in [0, 0.05) is 6.42 Å². The number of aryl methyl sites for hydroxylation is 1. The molecule has 6 heteroatoms. The number of halogens is 2. The summed E-state index contributed by atoms with van der Waals surface area (Å²) in [6, 6.07) is 1.84. The largest absolute Gasteiger partial charge is 0.364 e. The minimum absolute atomic E-state index is 0.384. The quantitative estimate of drug-likeness (QED) is 0.897. The molecule has 0 aromatic carbocycles. The third-order valence-corrected chi connectivity index (χ3v) is 2.92. The Bertz CT molecular complexity index is 484. The number of hydrogen-bond donors (Lipinski definition) is 1. The monoisotopic (exact) mass is 243 g/mol. The lowest BCUT2D eigenvalue weighted by atomic mass is 10.3. The van der Waals surface area contributed by atoms with E-state index in [2.05, 4.69) is 15.3 Å². The number of nitrogens with zero attached hydrogens (tertiary/aromatic N) is 2. The number of nitrogens with one attached hydrogen (secondary N) is 1. The fourth-order valence-electron chi connectivity index (χ4n) is 1.37. The molecule has 0 fully saturated rings. The molecule has 0 amide bonds. The maximum Gasteiger partial charge on any atom is 0.255 e. The van der Waals surface area contributed by atoms with Gasteiger partial charge in [0.1, 0.15) is 16.5 Å². The Hall–Kier alpha value is -1.30. The Balaban J connectivity index is 2.36. The summed E-state index contributed by atoms with van der Waals surface area (Å²) in [7, 11) is 0. The molecular formula is C10H11F2N3S. The standard InChI is InChI=1S/C10H11F2N3S/c1-2-8-14-9(13-5-7(11)12)6-3-4-16-10(6)15-8/h3-4,7H,2,5H2,1H3,(H,13,14,15). The van der Waals surface area contributed by atoms with Gasteiger partial charge in [-0.3, -0.25) is 0 Å². The number of anilines is 1. The highest BCUT2D eigenvalue weighted by Gasteiger charge is 2.09. The molecule has 0 unspecified atom stereocenters. The van der Waals surface area contributed by atoms with Crippen LogP contribution in [0.1, 0.15) is 12.7 Å². The number of thiophene rings is 1. The second kappa shape index (κ2) is 4.69. The molecule has 3 nitrogen and oxygen atoms in total. The van der Waals surface area contributed by atoms with Crippen molar-refractivity contribution >= 4 is 27.4 Å². The van der Waals surface area contributed by atoms with E-state index in [4.69, 9.17) is 0 Å². The van der Waals surface area contributed by atoms with Crippen molar-refractivity contribution in [3.05, 3.63) is 17.3 Å². The average Bonchev–Trinajstić information content (AvgIpc) is 2.73. The Morgan fingerprint density at radius 1 is 1.44 bits per heavy atom. The molecule has 2 rings (SSSR count). The number of alkyl halides is 2. The Labute approximate surface area is 95.5 Å². The fraction of sp³-hybridized carbons (Fsp3) is 0.400. The van der Waals surface area contributed by atoms with Crippen LogP contribution in [0.25, 0.3) is 10.2 Å². The van der Waals surface area contributed by atoms with Crippen molar-refractivity contribution < 1.29 is 8.78 Å². The Morgan fingerprint density at radius 2 is 2.25 bits per heavy atom. The molecule has 0 aliphatic carbocycles. The molecule has 0 saturated heterocycles. The molecular weight excluding hydrogens is 232 g/mol. The van der Waals surface area contributed by atoms with E-state index in [9.17, 15) is 8.78 Å². The molecule has 0 spiro atoms. The summed E-state index contributed by atoms with van der Waals surface area (Å²) in [5.74, 6) is 1.18. The fourth-order valence-corrected chi connectivity index (χ4v) is 2.15. The van der Waals surface area contributed by atoms with Gasteiger partial charge in [0.2, 0.25) is 0 Å². The van der Waals surface area contributed by atoms with E-state index in [1.165, 1.54) is 11.3 Å². The highest BCUT2D eigenvalue weighted by atomic mass is 32.1. The van der Waals surface area contributed by atoms with Crippen molar-refractivity contribution in [1.29, 1.82) is 0 Å². The van der Waals surface area contributed by atoms with Crippen LogP contribution >= 0.6 is 11.3 Å². The summed E-state index contributed by atoms with van der Waals surface area (Å²) in [6.45, 7) is 1.55. The minimum atomic E-state index is -2.38. The van der Waals surface area contributed by atoms with Crippen LogP contribution in [0.5, 0.6) is 0 Å². The molecule has 0 bridgehead atoms. The first-order valence-electron chi connectivity index (χ1n) is 4.97. The highest BCUT2D eigenvalue weighted by Crippen LogP contribution is 2.25. The first-order valence-corrected chi connectivity index (χ1v) is 5.84. The van der Waals surface area contributed by atoms with Gasteiger partial charge in [-0.25, -0.2) is 18.7 Å². The molecule has 0 saturated carbocycles. The van der Waals surface area contributed by atoms with Gasteiger partial charge in [-0.05, 0) is 11.4 Å². The molecule has 86 valence electrons. The lowest BCUT2D eigenvalue weighted by Gasteiger charge is -2.07. The SMILES string of the molecule is CCc1nc(NCC(F)F)c2ccsc2n1. The molecule has 2 heterocycles. The summed E-state index contributed by atoms with van der Waals surface area (Å²) in [5.41, 5.74) is 0. The van der Waals surface area contributed by atoms with E-state index in [0.29, 0.717) is 18.1 Å². The third-order valence-electron chi connectivity index (χ3n) is 2.11. The zero-order valence-corrected chi connectivity index (χ0v) is 9.52. The molecule has 0 radical (unpaired) electrons. The van der Waals surface area contributed by atoms with E-state index in [1.807, 2.05) is 18.4 Å². The number of aromatic nitrogens is 2. The molecule has 2 aromatic rings. The molecule has 2 aromatic heterocycles. The van der Waals surface area contributed by atoms with Gasteiger partial charge >= 0.3 is 0 Å². The van der Waals surface area contributed by atoms with Crippen LogP contribution in [0.2, 0.25) is 0 Å². The van der Waals surface area contributed by atoms with Crippen LogP contribution < -0.4 is 5.32 Å². The van der Waals surface area contributed by atoms with Crippen LogP contribution in [-0.2, 0) is 6.42 Å². The van der Waals surface area contributed by atoms with Crippen molar-refractivity contribution in [2.75, 3.05) is 11.9 Å². The van der Waals surface area contributed by atoms with Crippen molar-refractivity contribution in [3.63, 3.8) is 0 Å². The van der Waals surface area contributed by atoms with Crippen LogP contribution in [-0.4, -0.2) is 22.9 Å². The number of rotatable bonds is 4. The predicted molar refractivity (Wildman–Crippen MR) is 61.3 cm³/mol. The van der Waals surface area contributed by atoms with Gasteiger partial charge in [0.05, 0.1) is 11.9 Å². The van der Waals surface area contributed by atoms with Crippen LogP contribution in [0.3, 0.4) is 0 Å². The predicted octanol–water partition coefficient (Wildman–Crippen LogP) is 2.93. The normalized spacial score (nSPS) is 11.2. The maximum atomic E-state index is 12.1. The van der Waals surface area contributed by atoms with Gasteiger partial charge in [0.25, 0.3) is 6.43 Å². The van der Waals surface area contributed by atoms with Crippen molar-refractivity contribution in [2.45, 2.75) is 19.8 Å². The lowest BCUT2D eigenvalue weighted by molar-refractivity contribution is 0.163. The zero-order valence-electron chi connectivity index (χ0n) is 8.70. The molecule has 0 atom stereocenters. The van der Waals surface area contributed by atoms with Crippen molar-refractivity contribution in [1.82, 2.24) is 9.97 Å². The number of hydrogen-bond acceptors (Lipinski definition) is 4. The summed E-state index contributed by atoms with van der Waals surface area (Å²) < 4.78 is 24.3. The first kappa shape index (κ1) is 11.2. The topological polar surface area (TPSA) is 37.8 Å². The smallest absolute Gasteiger partial charge is 0.255 e. The van der Waals surface area contributed by atoms with Gasteiger partial charge < -0.3 is 5.32 Å². The van der Waals surface area contributed by atoms with Gasteiger partial charge in [-0.1, -0.05) is 6.92 Å². The van der Waals surface area contributed by atoms with E-state index >= 15 is 0 Å². The van der Waals surface area contributed by atoms with Crippen LogP contribution in [0, 0.1) is 0 Å². The first-order chi connectivity index (χ1) is 7.70. The molecule has 0 aliphatic heterocycles. The van der Waals surface area contributed by atoms with E-state index in [-0.39, 0.29) is 6.54 Å². The highest BCUT2D eigenvalue weighted by molar-refractivity contribution is 7.16. The molecule has 1 N–H and O–H groups in total. The Kier molecular flexibility index (Phi) is 3.28. The minimum Gasteiger partial charge on any atom is -0.364 e. The van der Waals surface area contributed by atoms with E-state index < -0.39 is 6.43 Å². The summed E-state index contributed by atoms with van der Waals surface area (Å²) in [4.78, 5) is 9.37. The number of fused-ring (bicyclic) bond motifs is 1. The van der Waals surface area contributed by atoms with Crippen molar-refractivity contribution in [2.24, 2.45) is 0 Å². The zero-order chi connectivity index (χ0) is 11.5. The van der Waals surface area contributed by atoms with Crippen molar-refractivity contribution in [3.8, 4) is 0 Å². The van der Waals surface area contributed by atoms with Gasteiger partial charge in [-0.15, -0.1) is 11.3 Å². The molecule has 0 aliphatic rings. The lowest BCUT2D eigenvalue weighted by Crippen LogP contribution is -2.12. The molecule has 16 heavy (non-hydrogen) atoms. The average molecular weight is 243 g/mol. The Morgan fingerprint density at radius 3 is 2.94 bits per heavy atom. The van der Waals surface area contributed by atoms with E-state index in [1.54, 1.807) is 0 Å². The summed E-state index contributed by atoms with van der Waals surface area (Å²) >= 11 is 1.49. The summed E-state index contributed by atoms with van der Waals surface area (Å²) in [6.07, 6.45) is -1.69. The third kappa shape index (κ3) is 2.27. The van der Waals surface area contributed by atoms with Gasteiger partial charge in [-0.2, -0.15) is 0 Å². The second-order valence-corrected chi connectivity index (χ2v) is 4.15. The van der Waals surface area contributed by atoms with Crippen LogP contribution in [0.4, 0.5) is 14.6 Å².